The second-order valence-corrected chi connectivity index (χ2v) is 5.08. The molecule has 86 valence electrons. The zero-order chi connectivity index (χ0) is 11.9. The Kier molecular flexibility index (Phi) is 2.92. The molecule has 0 radical (unpaired) electrons. The number of rotatable bonds is 2. The predicted octanol–water partition coefficient (Wildman–Crippen LogP) is 4.81. The zero-order valence-corrected chi connectivity index (χ0v) is 11.1. The summed E-state index contributed by atoms with van der Waals surface area (Å²) >= 11 is 0. The van der Waals surface area contributed by atoms with Crippen molar-refractivity contribution in [1.82, 2.24) is 0 Å². The summed E-state index contributed by atoms with van der Waals surface area (Å²) in [7, 11) is 0. The van der Waals surface area contributed by atoms with Crippen molar-refractivity contribution in [3.05, 3.63) is 46.1 Å². The average Bonchev–Trinajstić information content (AvgIpc) is 3.05. The number of fused-ring (bicyclic) bond motifs is 1. The topological polar surface area (TPSA) is 0 Å². The molecular formula is C16H22. The first-order valence-electron chi connectivity index (χ1n) is 6.29. The van der Waals surface area contributed by atoms with Gasteiger partial charge in [0.15, 0.2) is 0 Å². The summed E-state index contributed by atoms with van der Waals surface area (Å²) in [6.45, 7) is 11.1. The first kappa shape index (κ1) is 11.4. The molecule has 0 bridgehead atoms. The van der Waals surface area contributed by atoms with Crippen molar-refractivity contribution in [2.24, 2.45) is 11.8 Å². The van der Waals surface area contributed by atoms with E-state index in [1.807, 2.05) is 0 Å². The van der Waals surface area contributed by atoms with Crippen LogP contribution in [0.5, 0.6) is 0 Å². The Morgan fingerprint density at radius 3 is 2.31 bits per heavy atom. The molecule has 0 saturated heterocycles. The highest BCUT2D eigenvalue weighted by Crippen LogP contribution is 2.55. The Morgan fingerprint density at radius 2 is 1.75 bits per heavy atom. The minimum absolute atomic E-state index is 0.846. The van der Waals surface area contributed by atoms with Crippen LogP contribution in [0, 0.1) is 11.8 Å². The first-order chi connectivity index (χ1) is 7.61. The summed E-state index contributed by atoms with van der Waals surface area (Å²) in [6.07, 6.45) is 8.06. The molecule has 0 N–H and O–H groups in total. The molecule has 1 fully saturated rings. The molecule has 2 atom stereocenters. The number of hydrogen-bond acceptors (Lipinski definition) is 0. The number of allylic oxidation sites excluding steroid dienone is 8. The van der Waals surface area contributed by atoms with E-state index in [0.717, 1.165) is 11.8 Å². The second kappa shape index (κ2) is 4.08. The van der Waals surface area contributed by atoms with Gasteiger partial charge in [0, 0.05) is 0 Å². The molecule has 0 heteroatoms. The van der Waals surface area contributed by atoms with Gasteiger partial charge in [-0.1, -0.05) is 29.4 Å². The molecule has 0 spiro atoms. The fourth-order valence-corrected chi connectivity index (χ4v) is 3.00. The summed E-state index contributed by atoms with van der Waals surface area (Å²) in [4.78, 5) is 0. The van der Waals surface area contributed by atoms with Crippen LogP contribution in [0.1, 0.15) is 41.0 Å². The molecule has 1 saturated carbocycles. The molecule has 16 heavy (non-hydrogen) atoms. The van der Waals surface area contributed by atoms with Gasteiger partial charge in [0.05, 0.1) is 0 Å². The van der Waals surface area contributed by atoms with Gasteiger partial charge >= 0.3 is 0 Å². The SMILES string of the molecule is C/C=C\C1=C(C)C2CC2C(C)=C1/C(C)=C\C. The molecule has 0 nitrogen and oxygen atoms in total. The van der Waals surface area contributed by atoms with E-state index in [2.05, 4.69) is 52.8 Å². The Balaban J connectivity index is 2.56. The molecule has 0 aliphatic heterocycles. The summed E-state index contributed by atoms with van der Waals surface area (Å²) in [5.41, 5.74) is 7.63. The van der Waals surface area contributed by atoms with Gasteiger partial charge in [0.25, 0.3) is 0 Å². The highest BCUT2D eigenvalue weighted by atomic mass is 14.5. The van der Waals surface area contributed by atoms with Crippen LogP contribution in [0.4, 0.5) is 0 Å². The maximum Gasteiger partial charge on any atom is -0.0125 e. The van der Waals surface area contributed by atoms with E-state index in [0.29, 0.717) is 0 Å². The van der Waals surface area contributed by atoms with E-state index >= 15 is 0 Å². The van der Waals surface area contributed by atoms with E-state index in [1.165, 1.54) is 23.1 Å². The average molecular weight is 214 g/mol. The quantitative estimate of drug-likeness (QED) is 0.618. The lowest BCUT2D eigenvalue weighted by Crippen LogP contribution is -2.06. The summed E-state index contributed by atoms with van der Waals surface area (Å²) in [6, 6.07) is 0. The third kappa shape index (κ3) is 1.61. The van der Waals surface area contributed by atoms with Crippen molar-refractivity contribution < 1.29 is 0 Å². The molecule has 0 aromatic heterocycles. The lowest BCUT2D eigenvalue weighted by atomic mass is 9.83. The third-order valence-electron chi connectivity index (χ3n) is 4.15. The first-order valence-corrected chi connectivity index (χ1v) is 6.29. The molecule has 0 amide bonds. The summed E-state index contributed by atoms with van der Waals surface area (Å²) in [5, 5.41) is 0. The highest BCUT2D eigenvalue weighted by molar-refractivity contribution is 5.60. The third-order valence-corrected chi connectivity index (χ3v) is 4.15. The molecule has 2 rings (SSSR count). The maximum atomic E-state index is 2.32. The van der Waals surface area contributed by atoms with Gasteiger partial charge < -0.3 is 0 Å². The molecule has 2 aliphatic rings. The highest BCUT2D eigenvalue weighted by Gasteiger charge is 2.44. The monoisotopic (exact) mass is 214 g/mol. The van der Waals surface area contributed by atoms with E-state index in [9.17, 15) is 0 Å². The normalized spacial score (nSPS) is 30.2. The predicted molar refractivity (Wildman–Crippen MR) is 71.2 cm³/mol. The van der Waals surface area contributed by atoms with Crippen LogP contribution in [0.25, 0.3) is 0 Å². The Bertz CT molecular complexity index is 427. The van der Waals surface area contributed by atoms with Crippen molar-refractivity contribution in [2.75, 3.05) is 0 Å². The van der Waals surface area contributed by atoms with Gasteiger partial charge in [0.1, 0.15) is 0 Å². The van der Waals surface area contributed by atoms with Crippen LogP contribution in [0.2, 0.25) is 0 Å². The molecule has 0 heterocycles. The zero-order valence-electron chi connectivity index (χ0n) is 11.1. The maximum absolute atomic E-state index is 2.32. The van der Waals surface area contributed by atoms with Gasteiger partial charge in [-0.05, 0) is 69.6 Å². The van der Waals surface area contributed by atoms with Crippen molar-refractivity contribution in [3.63, 3.8) is 0 Å². The van der Waals surface area contributed by atoms with Crippen molar-refractivity contribution in [1.29, 1.82) is 0 Å². The van der Waals surface area contributed by atoms with Crippen molar-refractivity contribution in [3.8, 4) is 0 Å². The number of hydrogen-bond donors (Lipinski definition) is 0. The van der Waals surface area contributed by atoms with E-state index in [4.69, 9.17) is 0 Å². The Hall–Kier alpha value is -1.04. The largest absolute Gasteiger partial charge is 0.0870 e. The van der Waals surface area contributed by atoms with E-state index < -0.39 is 0 Å². The van der Waals surface area contributed by atoms with Crippen LogP contribution in [-0.4, -0.2) is 0 Å². The van der Waals surface area contributed by atoms with E-state index in [-0.39, 0.29) is 0 Å². The Morgan fingerprint density at radius 1 is 1.12 bits per heavy atom. The molecule has 0 aromatic rings. The minimum Gasteiger partial charge on any atom is -0.0870 e. The van der Waals surface area contributed by atoms with Gasteiger partial charge in [0.2, 0.25) is 0 Å². The Labute approximate surface area is 99.4 Å². The standard InChI is InChI=1S/C16H22/c1-6-8-13-11(4)14-9-15(14)12(5)16(13)10(3)7-2/h6-8,14-15H,9H2,1-5H3/b8-6-,10-7-. The van der Waals surface area contributed by atoms with Crippen LogP contribution in [-0.2, 0) is 0 Å². The minimum atomic E-state index is 0.846. The molecule has 2 aliphatic carbocycles. The second-order valence-electron chi connectivity index (χ2n) is 5.08. The molecular weight excluding hydrogens is 192 g/mol. The van der Waals surface area contributed by atoms with E-state index in [1.54, 1.807) is 11.1 Å². The van der Waals surface area contributed by atoms with Crippen LogP contribution >= 0.6 is 0 Å². The lowest BCUT2D eigenvalue weighted by molar-refractivity contribution is 0.834. The van der Waals surface area contributed by atoms with Crippen LogP contribution in [0.3, 0.4) is 0 Å². The van der Waals surface area contributed by atoms with Crippen molar-refractivity contribution in [2.45, 2.75) is 41.0 Å². The van der Waals surface area contributed by atoms with Gasteiger partial charge in [-0.3, -0.25) is 0 Å². The fraction of sp³-hybridized carbons (Fsp3) is 0.500. The molecule has 0 aromatic carbocycles. The van der Waals surface area contributed by atoms with Crippen LogP contribution in [0.15, 0.2) is 46.1 Å². The lowest BCUT2D eigenvalue weighted by Gasteiger charge is -2.22. The van der Waals surface area contributed by atoms with Crippen molar-refractivity contribution >= 4 is 0 Å². The van der Waals surface area contributed by atoms with Gasteiger partial charge in [-0.15, -0.1) is 0 Å². The smallest absolute Gasteiger partial charge is 0.0125 e. The summed E-state index contributed by atoms with van der Waals surface area (Å²) in [5.74, 6) is 1.69. The summed E-state index contributed by atoms with van der Waals surface area (Å²) < 4.78 is 0. The van der Waals surface area contributed by atoms with Gasteiger partial charge in [-0.25, -0.2) is 0 Å². The fourth-order valence-electron chi connectivity index (χ4n) is 3.00. The molecule has 2 unspecified atom stereocenters. The van der Waals surface area contributed by atoms with Gasteiger partial charge in [-0.2, -0.15) is 0 Å². The van der Waals surface area contributed by atoms with Crippen LogP contribution < -0.4 is 0 Å².